The quantitative estimate of drug-likeness (QED) is 0.798. The number of hydrogen-bond donors (Lipinski definition) is 1. The molecule has 1 aromatic carbocycles. The van der Waals surface area contributed by atoms with Crippen molar-refractivity contribution in [3.05, 3.63) is 40.5 Å². The molecule has 0 unspecified atom stereocenters. The molecule has 0 spiro atoms. The van der Waals surface area contributed by atoms with Crippen molar-refractivity contribution in [2.24, 2.45) is 0 Å². The molecular formula is C13H12BrF2N3S. The maximum absolute atomic E-state index is 13.6. The second-order valence-corrected chi connectivity index (χ2v) is 5.84. The second-order valence-electron chi connectivity index (χ2n) is 3.95. The maximum Gasteiger partial charge on any atom is 0.223 e. The number of nitrogens with zero attached hydrogens (tertiary/aromatic N) is 2. The van der Waals surface area contributed by atoms with Gasteiger partial charge in [0.05, 0.1) is 4.47 Å². The predicted octanol–water partition coefficient (Wildman–Crippen LogP) is 4.49. The minimum atomic E-state index is -0.608. The average molecular weight is 360 g/mol. The third kappa shape index (κ3) is 3.89. The smallest absolute Gasteiger partial charge is 0.223 e. The Bertz CT molecular complexity index is 610. The predicted molar refractivity (Wildman–Crippen MR) is 79.0 cm³/mol. The van der Waals surface area contributed by atoms with Gasteiger partial charge in [-0.25, -0.2) is 18.7 Å². The molecule has 1 aromatic heterocycles. The highest BCUT2D eigenvalue weighted by Crippen LogP contribution is 2.33. The van der Waals surface area contributed by atoms with Crippen LogP contribution in [0.3, 0.4) is 0 Å². The summed E-state index contributed by atoms with van der Waals surface area (Å²) in [7, 11) is 0. The van der Waals surface area contributed by atoms with E-state index in [1.165, 1.54) is 12.1 Å². The van der Waals surface area contributed by atoms with Gasteiger partial charge in [-0.15, -0.1) is 0 Å². The third-order valence-corrected chi connectivity index (χ3v) is 4.24. The van der Waals surface area contributed by atoms with Crippen LogP contribution in [0.15, 0.2) is 38.8 Å². The topological polar surface area (TPSA) is 37.8 Å². The van der Waals surface area contributed by atoms with Crippen molar-refractivity contribution in [1.29, 1.82) is 0 Å². The van der Waals surface area contributed by atoms with Crippen molar-refractivity contribution < 1.29 is 8.78 Å². The number of anilines is 1. The van der Waals surface area contributed by atoms with E-state index in [2.05, 4.69) is 31.2 Å². The van der Waals surface area contributed by atoms with E-state index in [1.54, 1.807) is 6.20 Å². The van der Waals surface area contributed by atoms with Crippen LogP contribution in [0.5, 0.6) is 0 Å². The van der Waals surface area contributed by atoms with Crippen LogP contribution in [0, 0.1) is 11.6 Å². The van der Waals surface area contributed by atoms with E-state index in [0.717, 1.165) is 30.8 Å². The lowest BCUT2D eigenvalue weighted by molar-refractivity contribution is 0.565. The number of aromatic nitrogens is 2. The number of halogens is 3. The lowest BCUT2D eigenvalue weighted by Crippen LogP contribution is -2.04. The Morgan fingerprint density at radius 1 is 1.35 bits per heavy atom. The molecule has 3 nitrogen and oxygen atoms in total. The molecule has 2 rings (SSSR count). The summed E-state index contributed by atoms with van der Waals surface area (Å²) < 4.78 is 27.2. The lowest BCUT2D eigenvalue weighted by atomic mass is 10.3. The summed E-state index contributed by atoms with van der Waals surface area (Å²) in [5, 5.41) is 3.63. The zero-order valence-electron chi connectivity index (χ0n) is 10.7. The van der Waals surface area contributed by atoms with Gasteiger partial charge in [-0.1, -0.05) is 18.7 Å². The van der Waals surface area contributed by atoms with Gasteiger partial charge < -0.3 is 5.32 Å². The minimum Gasteiger partial charge on any atom is -0.354 e. The first-order chi connectivity index (χ1) is 9.60. The molecule has 2 aromatic rings. The average Bonchev–Trinajstić information content (AvgIpc) is 2.42. The SMILES string of the molecule is CCCNc1ncc(Br)c(Sc2ccc(F)cc2F)n1. The molecule has 0 aliphatic carbocycles. The fourth-order valence-electron chi connectivity index (χ4n) is 1.41. The Hall–Kier alpha value is -1.21. The van der Waals surface area contributed by atoms with Crippen molar-refractivity contribution in [3.8, 4) is 0 Å². The molecule has 0 atom stereocenters. The first kappa shape index (κ1) is 15.2. The van der Waals surface area contributed by atoms with E-state index in [0.29, 0.717) is 20.3 Å². The number of benzene rings is 1. The van der Waals surface area contributed by atoms with Gasteiger partial charge in [-0.2, -0.15) is 0 Å². The maximum atomic E-state index is 13.6. The van der Waals surface area contributed by atoms with Gasteiger partial charge in [0.2, 0.25) is 5.95 Å². The Kier molecular flexibility index (Phi) is 5.31. The highest BCUT2D eigenvalue weighted by molar-refractivity contribution is 9.10. The van der Waals surface area contributed by atoms with E-state index in [1.807, 2.05) is 6.92 Å². The molecule has 0 saturated carbocycles. The zero-order valence-corrected chi connectivity index (χ0v) is 13.1. The molecule has 0 aliphatic rings. The highest BCUT2D eigenvalue weighted by Gasteiger charge is 2.11. The van der Waals surface area contributed by atoms with Gasteiger partial charge in [0.1, 0.15) is 16.7 Å². The normalized spacial score (nSPS) is 10.6. The molecule has 0 radical (unpaired) electrons. The van der Waals surface area contributed by atoms with Gasteiger partial charge >= 0.3 is 0 Å². The first-order valence-corrected chi connectivity index (χ1v) is 7.60. The monoisotopic (exact) mass is 359 g/mol. The molecular weight excluding hydrogens is 348 g/mol. The number of nitrogens with one attached hydrogen (secondary N) is 1. The summed E-state index contributed by atoms with van der Waals surface area (Å²) in [6, 6.07) is 3.47. The molecule has 7 heteroatoms. The second kappa shape index (κ2) is 6.99. The molecule has 0 aliphatic heterocycles. The van der Waals surface area contributed by atoms with Crippen LogP contribution < -0.4 is 5.32 Å². The van der Waals surface area contributed by atoms with E-state index < -0.39 is 11.6 Å². The van der Waals surface area contributed by atoms with E-state index in [-0.39, 0.29) is 0 Å². The molecule has 1 heterocycles. The Morgan fingerprint density at radius 3 is 2.85 bits per heavy atom. The largest absolute Gasteiger partial charge is 0.354 e. The minimum absolute atomic E-state index is 0.312. The third-order valence-electron chi connectivity index (χ3n) is 2.35. The van der Waals surface area contributed by atoms with Gasteiger partial charge in [0.15, 0.2) is 0 Å². The summed E-state index contributed by atoms with van der Waals surface area (Å²) in [6.45, 7) is 2.80. The van der Waals surface area contributed by atoms with Crippen LogP contribution in [0.25, 0.3) is 0 Å². The van der Waals surface area contributed by atoms with Crippen LogP contribution in [0.4, 0.5) is 14.7 Å². The molecule has 106 valence electrons. The van der Waals surface area contributed by atoms with Gasteiger partial charge in [-0.05, 0) is 34.5 Å². The highest BCUT2D eigenvalue weighted by atomic mass is 79.9. The van der Waals surface area contributed by atoms with Gasteiger partial charge in [0, 0.05) is 23.7 Å². The van der Waals surface area contributed by atoms with Crippen LogP contribution >= 0.6 is 27.7 Å². The molecule has 20 heavy (non-hydrogen) atoms. The molecule has 0 bridgehead atoms. The number of rotatable bonds is 5. The number of hydrogen-bond acceptors (Lipinski definition) is 4. The van der Waals surface area contributed by atoms with E-state index >= 15 is 0 Å². The van der Waals surface area contributed by atoms with E-state index in [9.17, 15) is 8.78 Å². The Balaban J connectivity index is 2.23. The van der Waals surface area contributed by atoms with Crippen molar-refractivity contribution in [3.63, 3.8) is 0 Å². The molecule has 0 amide bonds. The van der Waals surface area contributed by atoms with Crippen LogP contribution in [-0.2, 0) is 0 Å². The van der Waals surface area contributed by atoms with Gasteiger partial charge in [-0.3, -0.25) is 0 Å². The lowest BCUT2D eigenvalue weighted by Gasteiger charge is -2.07. The van der Waals surface area contributed by atoms with Crippen molar-refractivity contribution >= 4 is 33.6 Å². The van der Waals surface area contributed by atoms with E-state index in [4.69, 9.17) is 0 Å². The Labute approximate surface area is 128 Å². The summed E-state index contributed by atoms with van der Waals surface area (Å²) in [6.07, 6.45) is 2.56. The fourth-order valence-corrected chi connectivity index (χ4v) is 2.62. The van der Waals surface area contributed by atoms with Crippen molar-refractivity contribution in [2.75, 3.05) is 11.9 Å². The fraction of sp³-hybridized carbons (Fsp3) is 0.231. The van der Waals surface area contributed by atoms with Crippen LogP contribution in [-0.4, -0.2) is 16.5 Å². The summed E-state index contributed by atoms with van der Waals surface area (Å²) in [5.41, 5.74) is 0. The van der Waals surface area contributed by atoms with Gasteiger partial charge in [0.25, 0.3) is 0 Å². The standard InChI is InChI=1S/C13H12BrF2N3S/c1-2-5-17-13-18-7-9(14)12(19-13)20-11-4-3-8(15)6-10(11)16/h3-4,6-7H,2,5H2,1H3,(H,17,18,19). The van der Waals surface area contributed by atoms with Crippen LogP contribution in [0.2, 0.25) is 0 Å². The Morgan fingerprint density at radius 2 is 2.15 bits per heavy atom. The molecule has 0 fully saturated rings. The van der Waals surface area contributed by atoms with Crippen LogP contribution in [0.1, 0.15) is 13.3 Å². The van der Waals surface area contributed by atoms with Crippen molar-refractivity contribution in [1.82, 2.24) is 9.97 Å². The molecule has 1 N–H and O–H groups in total. The van der Waals surface area contributed by atoms with Crippen molar-refractivity contribution in [2.45, 2.75) is 23.3 Å². The first-order valence-electron chi connectivity index (χ1n) is 5.99. The summed E-state index contributed by atoms with van der Waals surface area (Å²) in [5.74, 6) is -0.720. The molecule has 0 saturated heterocycles. The summed E-state index contributed by atoms with van der Waals surface area (Å²) >= 11 is 4.44. The summed E-state index contributed by atoms with van der Waals surface area (Å²) in [4.78, 5) is 8.73. The zero-order chi connectivity index (χ0) is 14.5.